The number of hydrogen-bond donors (Lipinski definition) is 0. The summed E-state index contributed by atoms with van der Waals surface area (Å²) in [7, 11) is 1.68. The van der Waals surface area contributed by atoms with Crippen LogP contribution in [0.1, 0.15) is 38.2 Å². The summed E-state index contributed by atoms with van der Waals surface area (Å²) in [6.45, 7) is 9.17. The fourth-order valence-corrected chi connectivity index (χ4v) is 4.16. The first-order valence-electron chi connectivity index (χ1n) is 10.6. The maximum absolute atomic E-state index is 14.3. The molecule has 2 aromatic carbocycles. The van der Waals surface area contributed by atoms with E-state index in [0.717, 1.165) is 30.2 Å². The average Bonchev–Trinajstić information content (AvgIpc) is 3.25. The topological polar surface area (TPSA) is 59.3 Å². The molecule has 1 aromatic heterocycles. The number of nitrogens with zero attached hydrogens (tertiary/aromatic N) is 6. The first-order valence-corrected chi connectivity index (χ1v) is 10.6. The molecule has 7 nitrogen and oxygen atoms in total. The smallest absolute Gasteiger partial charge is 0.173 e. The lowest BCUT2D eigenvalue weighted by molar-refractivity contribution is 0.188. The summed E-state index contributed by atoms with van der Waals surface area (Å²) >= 11 is 0. The van der Waals surface area contributed by atoms with Gasteiger partial charge in [-0.3, -0.25) is 4.90 Å². The summed E-state index contributed by atoms with van der Waals surface area (Å²) < 4.78 is 21.9. The summed E-state index contributed by atoms with van der Waals surface area (Å²) in [4.78, 5) is 4.45. The van der Waals surface area contributed by atoms with Gasteiger partial charge < -0.3 is 9.64 Å². The second kappa shape index (κ2) is 8.63. The Balaban J connectivity index is 1.68. The Morgan fingerprint density at radius 1 is 0.968 bits per heavy atom. The van der Waals surface area contributed by atoms with Crippen LogP contribution in [0.15, 0.2) is 48.5 Å². The van der Waals surface area contributed by atoms with E-state index in [-0.39, 0.29) is 17.4 Å². The zero-order valence-corrected chi connectivity index (χ0v) is 18.5. The van der Waals surface area contributed by atoms with Gasteiger partial charge in [-0.25, -0.2) is 9.07 Å². The molecule has 0 radical (unpaired) electrons. The Morgan fingerprint density at radius 3 is 2.32 bits per heavy atom. The van der Waals surface area contributed by atoms with Gasteiger partial charge in [-0.1, -0.05) is 30.3 Å². The van der Waals surface area contributed by atoms with Crippen LogP contribution < -0.4 is 9.64 Å². The number of para-hydroxylation sites is 2. The fraction of sp³-hybridized carbons (Fsp3) is 0.435. The third-order valence-corrected chi connectivity index (χ3v) is 5.68. The Kier molecular flexibility index (Phi) is 5.91. The van der Waals surface area contributed by atoms with E-state index >= 15 is 0 Å². The van der Waals surface area contributed by atoms with Crippen molar-refractivity contribution in [3.63, 3.8) is 0 Å². The number of aromatic nitrogens is 4. The van der Waals surface area contributed by atoms with E-state index in [1.54, 1.807) is 13.2 Å². The van der Waals surface area contributed by atoms with E-state index in [4.69, 9.17) is 4.74 Å². The maximum Gasteiger partial charge on any atom is 0.173 e. The molecule has 0 spiro atoms. The predicted octanol–water partition coefficient (Wildman–Crippen LogP) is 3.49. The molecule has 4 rings (SSSR count). The molecule has 1 aliphatic heterocycles. The van der Waals surface area contributed by atoms with Gasteiger partial charge in [0, 0.05) is 31.7 Å². The first kappa shape index (κ1) is 21.2. The SMILES string of the molecule is COc1ccccc1[C@@H](c1nnnn1C(C)(C)C)N1CCN(c2ccccc2F)CC1. The summed E-state index contributed by atoms with van der Waals surface area (Å²) in [6, 6.07) is 14.8. The normalized spacial score (nSPS) is 16.4. The van der Waals surface area contributed by atoms with Crippen LogP contribution in [0.2, 0.25) is 0 Å². The van der Waals surface area contributed by atoms with Gasteiger partial charge >= 0.3 is 0 Å². The third kappa shape index (κ3) is 4.25. The standard InChI is InChI=1S/C23H29FN6O/c1-23(2,3)30-22(25-26-27-30)21(17-9-5-8-12-20(17)31-4)29-15-13-28(14-16-29)19-11-7-6-10-18(19)24/h5-12,21H,13-16H2,1-4H3/t21-/m0/s1. The van der Waals surface area contributed by atoms with Crippen molar-refractivity contribution >= 4 is 5.69 Å². The van der Waals surface area contributed by atoms with E-state index < -0.39 is 0 Å². The van der Waals surface area contributed by atoms with Gasteiger partial charge in [0.15, 0.2) is 5.82 Å². The lowest BCUT2D eigenvalue weighted by Gasteiger charge is -2.40. The molecule has 2 heterocycles. The van der Waals surface area contributed by atoms with Crippen LogP contribution in [0.4, 0.5) is 10.1 Å². The fourth-order valence-electron chi connectivity index (χ4n) is 4.16. The molecule has 31 heavy (non-hydrogen) atoms. The highest BCUT2D eigenvalue weighted by Crippen LogP contribution is 2.36. The van der Waals surface area contributed by atoms with Crippen molar-refractivity contribution in [1.82, 2.24) is 25.1 Å². The van der Waals surface area contributed by atoms with Crippen LogP contribution in [0.3, 0.4) is 0 Å². The Hall–Kier alpha value is -3.00. The number of tetrazole rings is 1. The highest BCUT2D eigenvalue weighted by molar-refractivity contribution is 5.48. The summed E-state index contributed by atoms with van der Waals surface area (Å²) in [5.41, 5.74) is 1.40. The first-order chi connectivity index (χ1) is 14.9. The molecular formula is C23H29FN6O. The molecule has 3 aromatic rings. The molecular weight excluding hydrogens is 395 g/mol. The molecule has 0 N–H and O–H groups in total. The van der Waals surface area contributed by atoms with Crippen LogP contribution in [0.5, 0.6) is 5.75 Å². The molecule has 8 heteroatoms. The van der Waals surface area contributed by atoms with Gasteiger partial charge in [-0.05, 0) is 49.4 Å². The number of anilines is 1. The summed E-state index contributed by atoms with van der Waals surface area (Å²) in [5.74, 6) is 1.39. The van der Waals surface area contributed by atoms with Crippen LogP contribution in [-0.4, -0.2) is 58.4 Å². The Bertz CT molecular complexity index is 1020. The van der Waals surface area contributed by atoms with Crippen molar-refractivity contribution in [3.8, 4) is 5.75 Å². The summed E-state index contributed by atoms with van der Waals surface area (Å²) in [6.07, 6.45) is 0. The Morgan fingerprint density at radius 2 is 1.65 bits per heavy atom. The van der Waals surface area contributed by atoms with Crippen LogP contribution >= 0.6 is 0 Å². The maximum atomic E-state index is 14.3. The second-order valence-corrected chi connectivity index (χ2v) is 8.74. The second-order valence-electron chi connectivity index (χ2n) is 8.74. The Labute approximate surface area is 182 Å². The molecule has 1 aliphatic rings. The van der Waals surface area contributed by atoms with Crippen molar-refractivity contribution in [1.29, 1.82) is 0 Å². The number of rotatable bonds is 5. The zero-order chi connectivity index (χ0) is 22.0. The van der Waals surface area contributed by atoms with E-state index in [0.29, 0.717) is 18.8 Å². The number of methoxy groups -OCH3 is 1. The zero-order valence-electron chi connectivity index (χ0n) is 18.5. The van der Waals surface area contributed by atoms with E-state index in [9.17, 15) is 4.39 Å². The number of ether oxygens (including phenoxy) is 1. The van der Waals surface area contributed by atoms with Gasteiger partial charge in [-0.15, -0.1) is 5.10 Å². The largest absolute Gasteiger partial charge is 0.496 e. The van der Waals surface area contributed by atoms with E-state index in [1.165, 1.54) is 6.07 Å². The number of benzene rings is 2. The van der Waals surface area contributed by atoms with Crippen molar-refractivity contribution < 1.29 is 9.13 Å². The lowest BCUT2D eigenvalue weighted by Crippen LogP contribution is -2.49. The molecule has 164 valence electrons. The van der Waals surface area contributed by atoms with Crippen molar-refractivity contribution in [2.45, 2.75) is 32.4 Å². The van der Waals surface area contributed by atoms with E-state index in [2.05, 4.69) is 52.2 Å². The van der Waals surface area contributed by atoms with Gasteiger partial charge in [0.05, 0.1) is 18.3 Å². The molecule has 1 saturated heterocycles. The monoisotopic (exact) mass is 424 g/mol. The molecule has 0 aliphatic carbocycles. The number of hydrogen-bond acceptors (Lipinski definition) is 6. The molecule has 0 saturated carbocycles. The van der Waals surface area contributed by atoms with Crippen LogP contribution in [-0.2, 0) is 5.54 Å². The molecule has 1 fully saturated rings. The minimum Gasteiger partial charge on any atom is -0.496 e. The van der Waals surface area contributed by atoms with Crippen LogP contribution in [0.25, 0.3) is 0 Å². The van der Waals surface area contributed by atoms with Gasteiger partial charge in [-0.2, -0.15) is 0 Å². The molecule has 0 unspecified atom stereocenters. The highest BCUT2D eigenvalue weighted by atomic mass is 19.1. The van der Waals surface area contributed by atoms with Gasteiger partial charge in [0.1, 0.15) is 17.6 Å². The van der Waals surface area contributed by atoms with Crippen LogP contribution in [0, 0.1) is 5.82 Å². The van der Waals surface area contributed by atoms with E-state index in [1.807, 2.05) is 35.0 Å². The number of halogens is 1. The van der Waals surface area contributed by atoms with Crippen molar-refractivity contribution in [3.05, 3.63) is 65.7 Å². The molecule has 0 amide bonds. The van der Waals surface area contributed by atoms with Gasteiger partial charge in [0.25, 0.3) is 0 Å². The third-order valence-electron chi connectivity index (χ3n) is 5.68. The minimum atomic E-state index is -0.270. The predicted molar refractivity (Wildman–Crippen MR) is 118 cm³/mol. The minimum absolute atomic E-state index is 0.173. The summed E-state index contributed by atoms with van der Waals surface area (Å²) in [5, 5.41) is 12.7. The van der Waals surface area contributed by atoms with Gasteiger partial charge in [0.2, 0.25) is 0 Å². The lowest BCUT2D eigenvalue weighted by atomic mass is 10.0. The van der Waals surface area contributed by atoms with Crippen molar-refractivity contribution in [2.75, 3.05) is 38.2 Å². The van der Waals surface area contributed by atoms with Crippen molar-refractivity contribution in [2.24, 2.45) is 0 Å². The molecule has 0 bridgehead atoms. The quantitative estimate of drug-likeness (QED) is 0.625. The highest BCUT2D eigenvalue weighted by Gasteiger charge is 2.35. The number of piperazine rings is 1. The average molecular weight is 425 g/mol. The molecule has 1 atom stereocenters.